The number of amides is 2. The number of hydrogen-bond acceptors (Lipinski definition) is 8. The van der Waals surface area contributed by atoms with E-state index in [0.717, 1.165) is 0 Å². The Kier molecular flexibility index (Phi) is 11.7. The zero-order chi connectivity index (χ0) is 25.7. The van der Waals surface area contributed by atoms with Crippen LogP contribution in [0.3, 0.4) is 0 Å². The highest BCUT2D eigenvalue weighted by molar-refractivity contribution is 7.87. The minimum atomic E-state index is -3.82. The van der Waals surface area contributed by atoms with Crippen LogP contribution in [0, 0.1) is 0 Å². The molecule has 14 heteroatoms. The van der Waals surface area contributed by atoms with E-state index < -0.39 is 22.2 Å². The molecule has 1 atom stereocenters. The van der Waals surface area contributed by atoms with E-state index >= 15 is 0 Å². The zero-order valence-electron chi connectivity index (χ0n) is 19.5. The van der Waals surface area contributed by atoms with E-state index in [4.69, 9.17) is 24.1 Å². The van der Waals surface area contributed by atoms with E-state index in [0.29, 0.717) is 56.1 Å². The number of nitrogens with one attached hydrogen (secondary N) is 3. The Bertz CT molecular complexity index is 952. The minimum absolute atomic E-state index is 0.0993. The van der Waals surface area contributed by atoms with Crippen molar-refractivity contribution in [3.05, 3.63) is 23.8 Å². The number of carboxylic acid groups (broad SMARTS) is 1. The van der Waals surface area contributed by atoms with Gasteiger partial charge in [0.05, 0.1) is 32.4 Å². The van der Waals surface area contributed by atoms with Gasteiger partial charge in [-0.3, -0.25) is 14.4 Å². The van der Waals surface area contributed by atoms with E-state index in [1.807, 2.05) is 0 Å². The molecule has 3 rings (SSSR count). The number of carbonyl (C=O) groups is 3. The maximum Gasteiger partial charge on any atom is 0.290 e. The summed E-state index contributed by atoms with van der Waals surface area (Å²) in [5.41, 5.74) is 0.380. The van der Waals surface area contributed by atoms with Gasteiger partial charge in [0.1, 0.15) is 24.1 Å². The molecule has 2 aliphatic rings. The first-order valence-electron chi connectivity index (χ1n) is 11.1. The highest BCUT2D eigenvalue weighted by Crippen LogP contribution is 2.25. The van der Waals surface area contributed by atoms with Crippen LogP contribution in [-0.4, -0.2) is 95.3 Å². The Morgan fingerprint density at radius 3 is 2.54 bits per heavy atom. The van der Waals surface area contributed by atoms with Crippen molar-refractivity contribution < 1.29 is 42.1 Å². The molecule has 0 aliphatic carbocycles. The molecule has 1 aromatic rings. The van der Waals surface area contributed by atoms with E-state index in [9.17, 15) is 18.0 Å². The molecule has 1 aromatic carbocycles. The van der Waals surface area contributed by atoms with Gasteiger partial charge in [0.15, 0.2) is 0 Å². The second-order valence-electron chi connectivity index (χ2n) is 7.55. The summed E-state index contributed by atoms with van der Waals surface area (Å²) in [7, 11) is -2.31. The first kappa shape index (κ1) is 28.3. The number of fused-ring (bicyclic) bond motifs is 1. The topological polar surface area (TPSA) is 173 Å². The minimum Gasteiger partial charge on any atom is -0.497 e. The SMILES string of the molecule is COc1ccc2c(c1)OCCNC(=O)[C@@H](NS(=O)(=O)N1CCOCC1)CCCCNC2=O.O=CO. The second kappa shape index (κ2) is 14.5. The number of carbonyl (C=O) groups excluding carboxylic acids is 2. The Hall–Kier alpha value is -2.94. The Morgan fingerprint density at radius 1 is 1.14 bits per heavy atom. The molecule has 2 heterocycles. The van der Waals surface area contributed by atoms with Gasteiger partial charge in [0, 0.05) is 25.7 Å². The van der Waals surface area contributed by atoms with Crippen molar-refractivity contribution >= 4 is 28.5 Å². The molecular formula is C21H32N4O9S. The molecule has 0 unspecified atom stereocenters. The van der Waals surface area contributed by atoms with E-state index in [1.165, 1.54) is 11.4 Å². The molecule has 1 saturated heterocycles. The zero-order valence-corrected chi connectivity index (χ0v) is 20.3. The monoisotopic (exact) mass is 516 g/mol. The predicted octanol–water partition coefficient (Wildman–Crippen LogP) is -0.660. The largest absolute Gasteiger partial charge is 0.497 e. The number of rotatable bonds is 4. The van der Waals surface area contributed by atoms with Crippen LogP contribution in [0.15, 0.2) is 18.2 Å². The third kappa shape index (κ3) is 8.98. The number of methoxy groups -OCH3 is 1. The number of nitrogens with zero attached hydrogens (tertiary/aromatic N) is 1. The molecule has 0 radical (unpaired) electrons. The molecule has 2 aliphatic heterocycles. The highest BCUT2D eigenvalue weighted by atomic mass is 32.2. The highest BCUT2D eigenvalue weighted by Gasteiger charge is 2.30. The van der Waals surface area contributed by atoms with Crippen molar-refractivity contribution in [2.75, 3.05) is 53.1 Å². The first-order chi connectivity index (χ1) is 16.8. The number of hydrogen-bond donors (Lipinski definition) is 4. The van der Waals surface area contributed by atoms with Gasteiger partial charge < -0.3 is 30.0 Å². The number of ether oxygens (including phenoxy) is 3. The summed E-state index contributed by atoms with van der Waals surface area (Å²) in [6.45, 7) is 1.50. The summed E-state index contributed by atoms with van der Waals surface area (Å²) in [6, 6.07) is 4.00. The summed E-state index contributed by atoms with van der Waals surface area (Å²) in [4.78, 5) is 33.6. The second-order valence-corrected chi connectivity index (χ2v) is 9.25. The molecule has 0 spiro atoms. The van der Waals surface area contributed by atoms with Crippen LogP contribution in [0.4, 0.5) is 0 Å². The van der Waals surface area contributed by atoms with Crippen LogP contribution in [-0.2, 0) is 24.5 Å². The molecule has 4 N–H and O–H groups in total. The lowest BCUT2D eigenvalue weighted by Crippen LogP contribution is -2.54. The molecule has 196 valence electrons. The van der Waals surface area contributed by atoms with Gasteiger partial charge in [-0.2, -0.15) is 17.4 Å². The van der Waals surface area contributed by atoms with Crippen LogP contribution in [0.1, 0.15) is 29.6 Å². The summed E-state index contributed by atoms with van der Waals surface area (Å²) >= 11 is 0. The Labute approximate surface area is 204 Å². The van der Waals surface area contributed by atoms with Crippen molar-refractivity contribution in [1.82, 2.24) is 19.7 Å². The fourth-order valence-corrected chi connectivity index (χ4v) is 4.81. The molecule has 0 saturated carbocycles. The first-order valence-corrected chi connectivity index (χ1v) is 12.6. The summed E-state index contributed by atoms with van der Waals surface area (Å²) in [6.07, 6.45) is 1.44. The quantitative estimate of drug-likeness (QED) is 0.379. The van der Waals surface area contributed by atoms with Gasteiger partial charge in [-0.25, -0.2) is 0 Å². The van der Waals surface area contributed by atoms with E-state index in [2.05, 4.69) is 15.4 Å². The van der Waals surface area contributed by atoms with Crippen LogP contribution >= 0.6 is 0 Å². The fourth-order valence-electron chi connectivity index (χ4n) is 3.45. The van der Waals surface area contributed by atoms with Crippen LogP contribution in [0.5, 0.6) is 11.5 Å². The molecule has 1 fully saturated rings. The van der Waals surface area contributed by atoms with Crippen molar-refractivity contribution in [2.45, 2.75) is 25.3 Å². The summed E-state index contributed by atoms with van der Waals surface area (Å²) in [5.74, 6) is 0.197. The average molecular weight is 517 g/mol. The maximum absolute atomic E-state index is 12.7. The van der Waals surface area contributed by atoms with Gasteiger partial charge >= 0.3 is 0 Å². The lowest BCUT2D eigenvalue weighted by molar-refractivity contribution is -0.123. The van der Waals surface area contributed by atoms with Gasteiger partial charge in [-0.1, -0.05) is 0 Å². The van der Waals surface area contributed by atoms with Gasteiger partial charge in [0.25, 0.3) is 22.6 Å². The Morgan fingerprint density at radius 2 is 1.86 bits per heavy atom. The van der Waals surface area contributed by atoms with Crippen molar-refractivity contribution in [1.29, 1.82) is 0 Å². The van der Waals surface area contributed by atoms with Crippen molar-refractivity contribution in [3.63, 3.8) is 0 Å². The maximum atomic E-state index is 12.7. The molecular weight excluding hydrogens is 484 g/mol. The smallest absolute Gasteiger partial charge is 0.290 e. The van der Waals surface area contributed by atoms with Crippen molar-refractivity contribution in [2.24, 2.45) is 0 Å². The standard InChI is InChI=1S/C20H30N4O7S.CH2O2/c1-29-15-5-6-16-18(14-15)31-11-8-22-20(26)17(4-2-3-7-21-19(16)25)23-32(27,28)24-9-12-30-13-10-24;2-1-3/h5-6,14,17,23H,2-4,7-13H2,1H3,(H,21,25)(H,22,26);1H,(H,2,3)/t17-;/m0./s1. The molecule has 0 aromatic heterocycles. The molecule has 2 amide bonds. The molecule has 0 bridgehead atoms. The van der Waals surface area contributed by atoms with Gasteiger partial charge in [-0.15, -0.1) is 0 Å². The molecule has 13 nitrogen and oxygen atoms in total. The van der Waals surface area contributed by atoms with Gasteiger partial charge in [-0.05, 0) is 31.4 Å². The number of benzene rings is 1. The van der Waals surface area contributed by atoms with Crippen LogP contribution in [0.25, 0.3) is 0 Å². The number of morpholine rings is 1. The normalized spacial score (nSPS) is 20.4. The third-order valence-corrected chi connectivity index (χ3v) is 6.84. The summed E-state index contributed by atoms with van der Waals surface area (Å²) < 4.78 is 45.3. The van der Waals surface area contributed by atoms with E-state index in [1.54, 1.807) is 18.2 Å². The van der Waals surface area contributed by atoms with Gasteiger partial charge in [0.2, 0.25) is 5.91 Å². The lowest BCUT2D eigenvalue weighted by Gasteiger charge is -2.28. The van der Waals surface area contributed by atoms with Crippen molar-refractivity contribution in [3.8, 4) is 11.5 Å². The Balaban J connectivity index is 0.00000137. The van der Waals surface area contributed by atoms with E-state index in [-0.39, 0.29) is 38.6 Å². The third-order valence-electron chi connectivity index (χ3n) is 5.22. The fraction of sp³-hybridized carbons (Fsp3) is 0.571. The summed E-state index contributed by atoms with van der Waals surface area (Å²) in [5, 5.41) is 12.4. The predicted molar refractivity (Wildman–Crippen MR) is 125 cm³/mol. The lowest BCUT2D eigenvalue weighted by atomic mass is 10.1. The van der Waals surface area contributed by atoms with Crippen LogP contribution in [0.2, 0.25) is 0 Å². The average Bonchev–Trinajstić information content (AvgIpc) is 2.85. The van der Waals surface area contributed by atoms with Crippen LogP contribution < -0.4 is 24.8 Å². The molecule has 35 heavy (non-hydrogen) atoms.